The maximum absolute atomic E-state index is 12.5. The molecule has 0 aliphatic carbocycles. The number of carbonyl (C=O) groups excluding carboxylic acids is 2. The minimum Gasteiger partial charge on any atom is -0.342 e. The lowest BCUT2D eigenvalue weighted by Gasteiger charge is -2.42. The van der Waals surface area contributed by atoms with Crippen LogP contribution in [0, 0.1) is 11.8 Å². The van der Waals surface area contributed by atoms with Gasteiger partial charge in [-0.25, -0.2) is 0 Å². The van der Waals surface area contributed by atoms with Gasteiger partial charge < -0.3 is 10.2 Å². The van der Waals surface area contributed by atoms with Crippen LogP contribution in [0.5, 0.6) is 0 Å². The van der Waals surface area contributed by atoms with Crippen LogP contribution in [0.3, 0.4) is 0 Å². The lowest BCUT2D eigenvalue weighted by Crippen LogP contribution is -2.65. The second-order valence-electron chi connectivity index (χ2n) is 6.25. The Morgan fingerprint density at radius 2 is 1.79 bits per heavy atom. The minimum atomic E-state index is -0.372. The van der Waals surface area contributed by atoms with Crippen molar-refractivity contribution in [3.63, 3.8) is 0 Å². The Bertz CT molecular complexity index is 341. The van der Waals surface area contributed by atoms with E-state index in [2.05, 4.69) is 26.1 Å². The molecule has 1 heterocycles. The SMILES string of the molecule is CCC(C)CC(C)N1C(=O)C(C(C)C)NC(=O)C1C. The fraction of sp³-hybridized carbons (Fsp3) is 0.867. The Morgan fingerprint density at radius 3 is 2.26 bits per heavy atom. The molecule has 4 heteroatoms. The number of hydrogen-bond donors (Lipinski definition) is 1. The first kappa shape index (κ1) is 16.0. The summed E-state index contributed by atoms with van der Waals surface area (Å²) in [5.41, 5.74) is 0. The third kappa shape index (κ3) is 3.48. The lowest BCUT2D eigenvalue weighted by molar-refractivity contribution is -0.152. The van der Waals surface area contributed by atoms with Crippen molar-refractivity contribution in [1.29, 1.82) is 0 Å². The fourth-order valence-electron chi connectivity index (χ4n) is 2.73. The predicted molar refractivity (Wildman–Crippen MR) is 76.6 cm³/mol. The summed E-state index contributed by atoms with van der Waals surface area (Å²) in [5.74, 6) is 0.729. The van der Waals surface area contributed by atoms with E-state index in [0.717, 1.165) is 12.8 Å². The molecule has 0 radical (unpaired) electrons. The number of nitrogens with zero attached hydrogens (tertiary/aromatic N) is 1. The molecule has 0 saturated carbocycles. The number of amides is 2. The van der Waals surface area contributed by atoms with E-state index in [1.54, 1.807) is 4.90 Å². The standard InChI is InChI=1S/C15H28N2O2/c1-7-10(4)8-11(5)17-12(6)14(18)16-13(9(2)3)15(17)19/h9-13H,7-8H2,1-6H3,(H,16,18). The van der Waals surface area contributed by atoms with Gasteiger partial charge in [-0.05, 0) is 32.1 Å². The Labute approximate surface area is 116 Å². The first-order valence-corrected chi connectivity index (χ1v) is 7.42. The van der Waals surface area contributed by atoms with E-state index >= 15 is 0 Å². The Balaban J connectivity index is 2.88. The van der Waals surface area contributed by atoms with Crippen molar-refractivity contribution in [1.82, 2.24) is 10.2 Å². The smallest absolute Gasteiger partial charge is 0.246 e. The molecular weight excluding hydrogens is 240 g/mol. The average molecular weight is 268 g/mol. The monoisotopic (exact) mass is 268 g/mol. The van der Waals surface area contributed by atoms with Crippen LogP contribution >= 0.6 is 0 Å². The molecule has 0 bridgehead atoms. The molecule has 4 unspecified atom stereocenters. The van der Waals surface area contributed by atoms with Crippen LogP contribution in [0.2, 0.25) is 0 Å². The molecule has 1 N–H and O–H groups in total. The van der Waals surface area contributed by atoms with Crippen molar-refractivity contribution >= 4 is 11.8 Å². The van der Waals surface area contributed by atoms with Gasteiger partial charge in [0.2, 0.25) is 11.8 Å². The molecule has 4 atom stereocenters. The van der Waals surface area contributed by atoms with E-state index in [1.165, 1.54) is 0 Å². The van der Waals surface area contributed by atoms with Gasteiger partial charge in [-0.1, -0.05) is 34.1 Å². The summed E-state index contributed by atoms with van der Waals surface area (Å²) in [5, 5.41) is 2.84. The van der Waals surface area contributed by atoms with Crippen molar-refractivity contribution in [3.8, 4) is 0 Å². The highest BCUT2D eigenvalue weighted by molar-refractivity contribution is 5.97. The lowest BCUT2D eigenvalue weighted by atomic mass is 9.93. The number of hydrogen-bond acceptors (Lipinski definition) is 2. The molecule has 1 saturated heterocycles. The normalized spacial score (nSPS) is 27.4. The van der Waals surface area contributed by atoms with Crippen LogP contribution in [0.4, 0.5) is 0 Å². The molecular formula is C15H28N2O2. The molecule has 0 aromatic carbocycles. The Kier molecular flexibility index (Phi) is 5.39. The summed E-state index contributed by atoms with van der Waals surface area (Å²) in [6.45, 7) is 12.2. The van der Waals surface area contributed by atoms with Crippen LogP contribution in [0.1, 0.15) is 54.4 Å². The maximum Gasteiger partial charge on any atom is 0.246 e. The second kappa shape index (κ2) is 6.40. The molecule has 2 amide bonds. The van der Waals surface area contributed by atoms with Gasteiger partial charge in [-0.15, -0.1) is 0 Å². The van der Waals surface area contributed by atoms with Gasteiger partial charge in [0.15, 0.2) is 0 Å². The molecule has 1 aliphatic heterocycles. The average Bonchev–Trinajstić information content (AvgIpc) is 2.33. The van der Waals surface area contributed by atoms with Crippen LogP contribution in [-0.2, 0) is 9.59 Å². The van der Waals surface area contributed by atoms with E-state index < -0.39 is 0 Å². The quantitative estimate of drug-likeness (QED) is 0.831. The van der Waals surface area contributed by atoms with Crippen molar-refractivity contribution in [2.75, 3.05) is 0 Å². The van der Waals surface area contributed by atoms with E-state index in [1.807, 2.05) is 20.8 Å². The van der Waals surface area contributed by atoms with E-state index in [4.69, 9.17) is 0 Å². The highest BCUT2D eigenvalue weighted by Gasteiger charge is 2.41. The van der Waals surface area contributed by atoms with Crippen molar-refractivity contribution in [2.24, 2.45) is 11.8 Å². The molecule has 110 valence electrons. The van der Waals surface area contributed by atoms with Crippen LogP contribution in [0.15, 0.2) is 0 Å². The fourth-order valence-corrected chi connectivity index (χ4v) is 2.73. The summed E-state index contributed by atoms with van der Waals surface area (Å²) in [4.78, 5) is 26.4. The highest BCUT2D eigenvalue weighted by atomic mass is 16.2. The Morgan fingerprint density at radius 1 is 1.21 bits per heavy atom. The van der Waals surface area contributed by atoms with Crippen LogP contribution < -0.4 is 5.32 Å². The molecule has 1 rings (SSSR count). The van der Waals surface area contributed by atoms with Gasteiger partial charge in [0, 0.05) is 6.04 Å². The Hall–Kier alpha value is -1.06. The van der Waals surface area contributed by atoms with E-state index in [-0.39, 0.29) is 35.9 Å². The van der Waals surface area contributed by atoms with E-state index in [0.29, 0.717) is 5.92 Å². The second-order valence-corrected chi connectivity index (χ2v) is 6.25. The van der Waals surface area contributed by atoms with Gasteiger partial charge in [0.25, 0.3) is 0 Å². The summed E-state index contributed by atoms with van der Waals surface area (Å²) in [6.07, 6.45) is 2.05. The molecule has 1 aliphatic rings. The summed E-state index contributed by atoms with van der Waals surface area (Å²) in [6, 6.07) is -0.616. The summed E-state index contributed by atoms with van der Waals surface area (Å²) in [7, 11) is 0. The van der Waals surface area contributed by atoms with E-state index in [9.17, 15) is 9.59 Å². The zero-order valence-corrected chi connectivity index (χ0v) is 13.1. The van der Waals surface area contributed by atoms with Gasteiger partial charge in [-0.2, -0.15) is 0 Å². The number of rotatable bonds is 5. The maximum atomic E-state index is 12.5. The molecule has 4 nitrogen and oxygen atoms in total. The minimum absolute atomic E-state index is 0.0331. The van der Waals surface area contributed by atoms with Crippen molar-refractivity contribution in [3.05, 3.63) is 0 Å². The molecule has 1 fully saturated rings. The van der Waals surface area contributed by atoms with Crippen LogP contribution in [-0.4, -0.2) is 34.8 Å². The number of carbonyl (C=O) groups is 2. The summed E-state index contributed by atoms with van der Waals surface area (Å²) < 4.78 is 0. The van der Waals surface area contributed by atoms with Crippen LogP contribution in [0.25, 0.3) is 0 Å². The molecule has 0 spiro atoms. The first-order valence-electron chi connectivity index (χ1n) is 7.42. The number of nitrogens with one attached hydrogen (secondary N) is 1. The van der Waals surface area contributed by atoms with Crippen molar-refractivity contribution < 1.29 is 9.59 Å². The predicted octanol–water partition coefficient (Wildman–Crippen LogP) is 2.18. The van der Waals surface area contributed by atoms with Crippen molar-refractivity contribution in [2.45, 2.75) is 72.5 Å². The first-order chi connectivity index (χ1) is 8.79. The highest BCUT2D eigenvalue weighted by Crippen LogP contribution is 2.22. The molecule has 0 aromatic rings. The molecule has 19 heavy (non-hydrogen) atoms. The van der Waals surface area contributed by atoms with Gasteiger partial charge in [-0.3, -0.25) is 9.59 Å². The van der Waals surface area contributed by atoms with Gasteiger partial charge in [0.05, 0.1) is 0 Å². The van der Waals surface area contributed by atoms with Gasteiger partial charge in [0.1, 0.15) is 12.1 Å². The largest absolute Gasteiger partial charge is 0.342 e. The zero-order chi connectivity index (χ0) is 14.7. The van der Waals surface area contributed by atoms with Gasteiger partial charge >= 0.3 is 0 Å². The number of piperazine rings is 1. The molecule has 0 aromatic heterocycles. The summed E-state index contributed by atoms with van der Waals surface area (Å²) >= 11 is 0. The third-order valence-electron chi connectivity index (χ3n) is 4.20. The zero-order valence-electron chi connectivity index (χ0n) is 13.1. The topological polar surface area (TPSA) is 49.4 Å². The third-order valence-corrected chi connectivity index (χ3v) is 4.20.